The van der Waals surface area contributed by atoms with E-state index in [1.54, 1.807) is 23.1 Å². The second-order valence-corrected chi connectivity index (χ2v) is 8.65. The third-order valence-corrected chi connectivity index (χ3v) is 6.22. The fourth-order valence-electron chi connectivity index (χ4n) is 2.70. The Morgan fingerprint density at radius 2 is 1.85 bits per heavy atom. The smallest absolute Gasteiger partial charge is 0.146 e. The highest BCUT2D eigenvalue weighted by Crippen LogP contribution is 2.36. The Hall–Kier alpha value is -1.95. The first-order valence-electron chi connectivity index (χ1n) is 8.18. The zero-order valence-corrected chi connectivity index (χ0v) is 16.8. The SMILES string of the molecule is Cc1ccc(-c2nnc(SCc3cccc(Cl)c3)c3nc(C)sc23)cc1. The average molecular weight is 398 g/mol. The van der Waals surface area contributed by atoms with E-state index in [1.165, 1.54) is 5.56 Å². The Morgan fingerprint density at radius 3 is 2.62 bits per heavy atom. The van der Waals surface area contributed by atoms with Gasteiger partial charge in [0.15, 0.2) is 0 Å². The quantitative estimate of drug-likeness (QED) is 0.378. The number of hydrogen-bond acceptors (Lipinski definition) is 5. The van der Waals surface area contributed by atoms with Crippen LogP contribution in [0.5, 0.6) is 0 Å². The maximum atomic E-state index is 6.08. The second-order valence-electron chi connectivity index (χ2n) is 6.05. The van der Waals surface area contributed by atoms with E-state index in [-0.39, 0.29) is 0 Å². The Labute approximate surface area is 165 Å². The first kappa shape index (κ1) is 17.5. The molecule has 0 radical (unpaired) electrons. The third-order valence-electron chi connectivity index (χ3n) is 3.98. The lowest BCUT2D eigenvalue weighted by molar-refractivity contribution is 0.955. The van der Waals surface area contributed by atoms with Crippen molar-refractivity contribution in [3.8, 4) is 11.3 Å². The number of aromatic nitrogens is 3. The molecule has 0 aliphatic rings. The van der Waals surface area contributed by atoms with Gasteiger partial charge in [0.2, 0.25) is 0 Å². The molecule has 0 bridgehead atoms. The van der Waals surface area contributed by atoms with Crippen LogP contribution in [-0.4, -0.2) is 15.2 Å². The minimum Gasteiger partial charge on any atom is -0.238 e. The zero-order chi connectivity index (χ0) is 18.1. The fourth-order valence-corrected chi connectivity index (χ4v) is 4.77. The monoisotopic (exact) mass is 397 g/mol. The lowest BCUT2D eigenvalue weighted by Crippen LogP contribution is -1.93. The number of hydrogen-bond donors (Lipinski definition) is 0. The van der Waals surface area contributed by atoms with Gasteiger partial charge in [0.25, 0.3) is 0 Å². The normalized spacial score (nSPS) is 11.2. The zero-order valence-electron chi connectivity index (χ0n) is 14.4. The summed E-state index contributed by atoms with van der Waals surface area (Å²) >= 11 is 9.39. The fraction of sp³-hybridized carbons (Fsp3) is 0.150. The average Bonchev–Trinajstić information content (AvgIpc) is 3.02. The van der Waals surface area contributed by atoms with Gasteiger partial charge in [-0.15, -0.1) is 21.5 Å². The molecule has 0 amide bonds. The molecule has 4 rings (SSSR count). The highest BCUT2D eigenvalue weighted by molar-refractivity contribution is 7.98. The van der Waals surface area contributed by atoms with Crippen LogP contribution >= 0.6 is 34.7 Å². The number of benzene rings is 2. The van der Waals surface area contributed by atoms with E-state index < -0.39 is 0 Å². The van der Waals surface area contributed by atoms with Gasteiger partial charge in [-0.1, -0.05) is 65.3 Å². The van der Waals surface area contributed by atoms with Crippen molar-refractivity contribution in [2.45, 2.75) is 24.6 Å². The molecule has 0 saturated heterocycles. The summed E-state index contributed by atoms with van der Waals surface area (Å²) in [7, 11) is 0. The number of thiazole rings is 1. The maximum absolute atomic E-state index is 6.08. The highest BCUT2D eigenvalue weighted by Gasteiger charge is 2.16. The Bertz CT molecular complexity index is 1070. The minimum atomic E-state index is 0.749. The van der Waals surface area contributed by atoms with Gasteiger partial charge >= 0.3 is 0 Å². The first-order valence-corrected chi connectivity index (χ1v) is 10.4. The van der Waals surface area contributed by atoms with Crippen LogP contribution < -0.4 is 0 Å². The van der Waals surface area contributed by atoms with Crippen LogP contribution in [0.3, 0.4) is 0 Å². The number of nitrogens with zero attached hydrogens (tertiary/aromatic N) is 3. The second kappa shape index (κ2) is 7.35. The molecular weight excluding hydrogens is 382 g/mol. The number of thioether (sulfide) groups is 1. The molecule has 4 aromatic rings. The third kappa shape index (κ3) is 3.61. The van der Waals surface area contributed by atoms with E-state index in [0.717, 1.165) is 47.8 Å². The molecule has 0 atom stereocenters. The van der Waals surface area contributed by atoms with E-state index >= 15 is 0 Å². The van der Waals surface area contributed by atoms with Gasteiger partial charge in [0.1, 0.15) is 16.2 Å². The van der Waals surface area contributed by atoms with Crippen molar-refractivity contribution in [3.05, 3.63) is 69.7 Å². The van der Waals surface area contributed by atoms with Gasteiger partial charge in [0, 0.05) is 16.3 Å². The van der Waals surface area contributed by atoms with Crippen molar-refractivity contribution >= 4 is 44.9 Å². The van der Waals surface area contributed by atoms with Crippen LogP contribution in [0.25, 0.3) is 21.5 Å². The minimum absolute atomic E-state index is 0.749. The molecule has 2 heterocycles. The lowest BCUT2D eigenvalue weighted by atomic mass is 10.1. The summed E-state index contributed by atoms with van der Waals surface area (Å²) in [6.07, 6.45) is 0. The van der Waals surface area contributed by atoms with Crippen LogP contribution in [0.15, 0.2) is 53.6 Å². The molecule has 0 unspecified atom stereocenters. The molecule has 0 aliphatic carbocycles. The van der Waals surface area contributed by atoms with Gasteiger partial charge in [-0.2, -0.15) is 0 Å². The Kier molecular flexibility index (Phi) is 4.94. The van der Waals surface area contributed by atoms with Crippen LogP contribution in [0.4, 0.5) is 0 Å². The molecule has 6 heteroatoms. The van der Waals surface area contributed by atoms with E-state index in [2.05, 4.69) is 47.5 Å². The van der Waals surface area contributed by atoms with Crippen LogP contribution in [0, 0.1) is 13.8 Å². The molecule has 3 nitrogen and oxygen atoms in total. The largest absolute Gasteiger partial charge is 0.238 e. The summed E-state index contributed by atoms with van der Waals surface area (Å²) in [5.41, 5.74) is 5.30. The maximum Gasteiger partial charge on any atom is 0.146 e. The molecule has 0 spiro atoms. The van der Waals surface area contributed by atoms with Crippen molar-refractivity contribution in [1.82, 2.24) is 15.2 Å². The summed E-state index contributed by atoms with van der Waals surface area (Å²) in [6.45, 7) is 4.10. The van der Waals surface area contributed by atoms with Crippen LogP contribution in [-0.2, 0) is 5.75 Å². The molecule has 0 N–H and O–H groups in total. The molecule has 130 valence electrons. The standard InChI is InChI=1S/C20H16ClN3S2/c1-12-6-8-15(9-7-12)17-19-18(22-13(2)26-19)20(24-23-17)25-11-14-4-3-5-16(21)10-14/h3-10H,11H2,1-2H3. The summed E-state index contributed by atoms with van der Waals surface area (Å²) in [5, 5.41) is 11.6. The van der Waals surface area contributed by atoms with Crippen molar-refractivity contribution < 1.29 is 0 Å². The Balaban J connectivity index is 1.71. The van der Waals surface area contributed by atoms with Gasteiger partial charge in [-0.05, 0) is 31.5 Å². The van der Waals surface area contributed by atoms with E-state index in [0.29, 0.717) is 0 Å². The molecule has 0 fully saturated rings. The van der Waals surface area contributed by atoms with Crippen molar-refractivity contribution in [1.29, 1.82) is 0 Å². The van der Waals surface area contributed by atoms with E-state index in [4.69, 9.17) is 16.6 Å². The van der Waals surface area contributed by atoms with Gasteiger partial charge in [-0.3, -0.25) is 0 Å². The molecule has 0 aliphatic heterocycles. The van der Waals surface area contributed by atoms with Crippen molar-refractivity contribution in [2.24, 2.45) is 0 Å². The van der Waals surface area contributed by atoms with Gasteiger partial charge in [0.05, 0.1) is 9.71 Å². The van der Waals surface area contributed by atoms with Crippen LogP contribution in [0.2, 0.25) is 5.02 Å². The van der Waals surface area contributed by atoms with E-state index in [1.807, 2.05) is 25.1 Å². The van der Waals surface area contributed by atoms with Crippen molar-refractivity contribution in [3.63, 3.8) is 0 Å². The van der Waals surface area contributed by atoms with Gasteiger partial charge < -0.3 is 0 Å². The van der Waals surface area contributed by atoms with Crippen molar-refractivity contribution in [2.75, 3.05) is 0 Å². The summed E-state index contributed by atoms with van der Waals surface area (Å²) in [5.74, 6) is 0.783. The molecule has 26 heavy (non-hydrogen) atoms. The van der Waals surface area contributed by atoms with E-state index in [9.17, 15) is 0 Å². The molecular formula is C20H16ClN3S2. The van der Waals surface area contributed by atoms with Crippen LogP contribution in [0.1, 0.15) is 16.1 Å². The number of rotatable bonds is 4. The first-order chi connectivity index (χ1) is 12.6. The molecule has 0 saturated carbocycles. The predicted octanol–water partition coefficient (Wildman–Crippen LogP) is 6.32. The van der Waals surface area contributed by atoms with Gasteiger partial charge in [-0.25, -0.2) is 4.98 Å². The molecule has 2 aromatic heterocycles. The Morgan fingerprint density at radius 1 is 1.04 bits per heavy atom. The number of halogens is 1. The lowest BCUT2D eigenvalue weighted by Gasteiger charge is -2.06. The molecule has 2 aromatic carbocycles. The highest BCUT2D eigenvalue weighted by atomic mass is 35.5. The number of aryl methyl sites for hydroxylation is 2. The predicted molar refractivity (Wildman–Crippen MR) is 111 cm³/mol. The summed E-state index contributed by atoms with van der Waals surface area (Å²) in [6, 6.07) is 16.3. The summed E-state index contributed by atoms with van der Waals surface area (Å²) in [4.78, 5) is 4.72. The number of fused-ring (bicyclic) bond motifs is 1. The summed E-state index contributed by atoms with van der Waals surface area (Å²) < 4.78 is 1.09. The topological polar surface area (TPSA) is 38.7 Å².